The molecule has 0 saturated heterocycles. The van der Waals surface area contributed by atoms with Crippen LogP contribution in [0.25, 0.3) is 5.69 Å². The van der Waals surface area contributed by atoms with Gasteiger partial charge in [-0.1, -0.05) is 24.3 Å². The second-order valence-electron chi connectivity index (χ2n) is 5.93. The molecule has 128 valence electrons. The van der Waals surface area contributed by atoms with Gasteiger partial charge in [0, 0.05) is 6.54 Å². The maximum atomic E-state index is 12.5. The highest BCUT2D eigenvalue weighted by molar-refractivity contribution is 5.95. The number of aryl methyl sites for hydroxylation is 1. The van der Waals surface area contributed by atoms with Crippen LogP contribution in [0.2, 0.25) is 0 Å². The minimum atomic E-state index is -0.132. The third kappa shape index (κ3) is 3.71. The number of methoxy groups -OCH3 is 1. The molecule has 0 saturated carbocycles. The maximum Gasteiger partial charge on any atom is 0.255 e. The van der Waals surface area contributed by atoms with E-state index in [2.05, 4.69) is 10.4 Å². The summed E-state index contributed by atoms with van der Waals surface area (Å²) in [7, 11) is 1.63. The summed E-state index contributed by atoms with van der Waals surface area (Å²) in [4.78, 5) is 12.5. The highest BCUT2D eigenvalue weighted by atomic mass is 16.5. The Kier molecular flexibility index (Phi) is 4.84. The number of aromatic nitrogens is 2. The van der Waals surface area contributed by atoms with Crippen LogP contribution in [0.3, 0.4) is 0 Å². The Hall–Kier alpha value is -3.08. The molecule has 0 spiro atoms. The number of benzene rings is 2. The number of rotatable bonds is 5. The van der Waals surface area contributed by atoms with Gasteiger partial charge in [-0.2, -0.15) is 5.10 Å². The van der Waals surface area contributed by atoms with Crippen molar-refractivity contribution in [2.45, 2.75) is 20.4 Å². The first-order valence-corrected chi connectivity index (χ1v) is 8.11. The molecule has 3 aromatic rings. The van der Waals surface area contributed by atoms with E-state index in [0.717, 1.165) is 28.3 Å². The van der Waals surface area contributed by atoms with Crippen LogP contribution >= 0.6 is 0 Å². The summed E-state index contributed by atoms with van der Waals surface area (Å²) >= 11 is 0. The average molecular weight is 335 g/mol. The van der Waals surface area contributed by atoms with Crippen LogP contribution in [0.5, 0.6) is 5.75 Å². The molecular formula is C20H21N3O2. The number of ether oxygens (including phenoxy) is 1. The molecule has 0 unspecified atom stereocenters. The van der Waals surface area contributed by atoms with Crippen molar-refractivity contribution < 1.29 is 9.53 Å². The van der Waals surface area contributed by atoms with Crippen LogP contribution in [0.1, 0.15) is 27.2 Å². The van der Waals surface area contributed by atoms with Crippen molar-refractivity contribution in [2.24, 2.45) is 0 Å². The smallest absolute Gasteiger partial charge is 0.255 e. The van der Waals surface area contributed by atoms with Gasteiger partial charge in [0.25, 0.3) is 5.91 Å². The quantitative estimate of drug-likeness (QED) is 0.777. The summed E-state index contributed by atoms with van der Waals surface area (Å²) < 4.78 is 6.92. The molecule has 2 aromatic carbocycles. The number of hydrogen-bond acceptors (Lipinski definition) is 3. The average Bonchev–Trinajstić information content (AvgIpc) is 3.01. The molecule has 1 aromatic heterocycles. The van der Waals surface area contributed by atoms with E-state index in [1.165, 1.54) is 0 Å². The maximum absolute atomic E-state index is 12.5. The van der Waals surface area contributed by atoms with Crippen LogP contribution < -0.4 is 10.1 Å². The molecule has 1 amide bonds. The minimum absolute atomic E-state index is 0.132. The molecule has 0 fully saturated rings. The summed E-state index contributed by atoms with van der Waals surface area (Å²) in [6, 6.07) is 15.7. The molecule has 0 atom stereocenters. The van der Waals surface area contributed by atoms with Crippen LogP contribution in [0.15, 0.2) is 54.7 Å². The molecule has 5 nitrogen and oxygen atoms in total. The number of amides is 1. The van der Waals surface area contributed by atoms with Crippen molar-refractivity contribution in [2.75, 3.05) is 7.11 Å². The van der Waals surface area contributed by atoms with Gasteiger partial charge in [-0.25, -0.2) is 4.68 Å². The van der Waals surface area contributed by atoms with Crippen molar-refractivity contribution in [1.29, 1.82) is 0 Å². The van der Waals surface area contributed by atoms with Crippen LogP contribution in [-0.4, -0.2) is 22.8 Å². The molecule has 25 heavy (non-hydrogen) atoms. The van der Waals surface area contributed by atoms with Crippen molar-refractivity contribution in [3.8, 4) is 11.4 Å². The highest BCUT2D eigenvalue weighted by Crippen LogP contribution is 2.16. The van der Waals surface area contributed by atoms with Crippen molar-refractivity contribution >= 4 is 5.91 Å². The van der Waals surface area contributed by atoms with E-state index in [9.17, 15) is 4.79 Å². The van der Waals surface area contributed by atoms with Gasteiger partial charge in [0.2, 0.25) is 0 Å². The zero-order valence-electron chi connectivity index (χ0n) is 14.6. The van der Waals surface area contributed by atoms with Crippen molar-refractivity contribution in [1.82, 2.24) is 15.1 Å². The number of hydrogen-bond donors (Lipinski definition) is 1. The lowest BCUT2D eigenvalue weighted by atomic mass is 10.2. The van der Waals surface area contributed by atoms with Crippen molar-refractivity contribution in [3.63, 3.8) is 0 Å². The molecule has 0 bridgehead atoms. The Balaban J connectivity index is 1.72. The molecule has 5 heteroatoms. The predicted octanol–water partition coefficient (Wildman–Crippen LogP) is 3.43. The highest BCUT2D eigenvalue weighted by Gasteiger charge is 2.15. The Labute approximate surface area is 147 Å². The molecule has 3 rings (SSSR count). The van der Waals surface area contributed by atoms with Gasteiger partial charge in [0.05, 0.1) is 30.3 Å². The number of carbonyl (C=O) groups is 1. The van der Waals surface area contributed by atoms with Gasteiger partial charge in [-0.3, -0.25) is 4.79 Å². The first-order chi connectivity index (χ1) is 12.1. The number of nitrogens with zero attached hydrogens (tertiary/aromatic N) is 2. The number of carbonyl (C=O) groups excluding carboxylic acids is 1. The molecule has 1 heterocycles. The van der Waals surface area contributed by atoms with Gasteiger partial charge in [0.15, 0.2) is 0 Å². The van der Waals surface area contributed by atoms with E-state index in [1.54, 1.807) is 18.0 Å². The summed E-state index contributed by atoms with van der Waals surface area (Å²) in [6.45, 7) is 4.39. The minimum Gasteiger partial charge on any atom is -0.497 e. The largest absolute Gasteiger partial charge is 0.497 e. The van der Waals surface area contributed by atoms with Gasteiger partial charge in [0.1, 0.15) is 5.75 Å². The van der Waals surface area contributed by atoms with Crippen LogP contribution in [0.4, 0.5) is 0 Å². The summed E-state index contributed by atoms with van der Waals surface area (Å²) in [6.07, 6.45) is 1.61. The van der Waals surface area contributed by atoms with Gasteiger partial charge >= 0.3 is 0 Å². The topological polar surface area (TPSA) is 56.1 Å². The first kappa shape index (κ1) is 16.8. The zero-order valence-corrected chi connectivity index (χ0v) is 14.6. The zero-order chi connectivity index (χ0) is 17.8. The Morgan fingerprint density at radius 1 is 1.16 bits per heavy atom. The van der Waals surface area contributed by atoms with E-state index < -0.39 is 0 Å². The second-order valence-corrected chi connectivity index (χ2v) is 5.93. The molecular weight excluding hydrogens is 314 g/mol. The number of nitrogens with one attached hydrogen (secondary N) is 1. The third-order valence-electron chi connectivity index (χ3n) is 4.11. The summed E-state index contributed by atoms with van der Waals surface area (Å²) in [5.41, 5.74) is 4.51. The lowest BCUT2D eigenvalue weighted by molar-refractivity contribution is 0.0950. The van der Waals surface area contributed by atoms with Crippen LogP contribution in [-0.2, 0) is 6.54 Å². The molecule has 0 aliphatic heterocycles. The van der Waals surface area contributed by atoms with Gasteiger partial charge < -0.3 is 10.1 Å². The van der Waals surface area contributed by atoms with Gasteiger partial charge in [-0.05, 0) is 49.2 Å². The second kappa shape index (κ2) is 7.21. The van der Waals surface area contributed by atoms with E-state index in [-0.39, 0.29) is 5.91 Å². The first-order valence-electron chi connectivity index (χ1n) is 8.11. The summed E-state index contributed by atoms with van der Waals surface area (Å²) in [5, 5.41) is 7.30. The fourth-order valence-electron chi connectivity index (χ4n) is 2.67. The normalized spacial score (nSPS) is 10.5. The fourth-order valence-corrected chi connectivity index (χ4v) is 2.67. The van der Waals surface area contributed by atoms with Gasteiger partial charge in [-0.15, -0.1) is 0 Å². The Bertz CT molecular complexity index is 882. The van der Waals surface area contributed by atoms with Crippen LogP contribution in [0, 0.1) is 13.8 Å². The molecule has 0 aliphatic carbocycles. The standard InChI is InChI=1S/C20H21N3O2/c1-14-5-4-6-17(11-14)23-15(2)19(13-22-23)20(24)21-12-16-7-9-18(25-3)10-8-16/h4-11,13H,12H2,1-3H3,(H,21,24). The Morgan fingerprint density at radius 2 is 1.92 bits per heavy atom. The third-order valence-corrected chi connectivity index (χ3v) is 4.11. The Morgan fingerprint density at radius 3 is 2.60 bits per heavy atom. The summed E-state index contributed by atoms with van der Waals surface area (Å²) in [5.74, 6) is 0.664. The van der Waals surface area contributed by atoms with E-state index in [4.69, 9.17) is 4.74 Å². The predicted molar refractivity (Wildman–Crippen MR) is 97.2 cm³/mol. The molecule has 0 radical (unpaired) electrons. The molecule has 0 aliphatic rings. The van der Waals surface area contributed by atoms with Crippen molar-refractivity contribution in [3.05, 3.63) is 77.1 Å². The van der Waals surface area contributed by atoms with E-state index >= 15 is 0 Å². The van der Waals surface area contributed by atoms with E-state index in [1.807, 2.05) is 62.4 Å². The lowest BCUT2D eigenvalue weighted by Crippen LogP contribution is -2.23. The SMILES string of the molecule is COc1ccc(CNC(=O)c2cnn(-c3cccc(C)c3)c2C)cc1. The lowest BCUT2D eigenvalue weighted by Gasteiger charge is -2.08. The van der Waals surface area contributed by atoms with E-state index in [0.29, 0.717) is 12.1 Å². The monoisotopic (exact) mass is 335 g/mol. The molecule has 1 N–H and O–H groups in total. The fraction of sp³-hybridized carbons (Fsp3) is 0.200.